The van der Waals surface area contributed by atoms with E-state index in [4.69, 9.17) is 11.7 Å². The topological polar surface area (TPSA) is 44.1 Å². The van der Waals surface area contributed by atoms with Crippen LogP contribution in [0.25, 0.3) is 0 Å². The first-order valence-electron chi connectivity index (χ1n) is 4.28. The van der Waals surface area contributed by atoms with Gasteiger partial charge in [-0.15, -0.1) is 6.42 Å². The Hall–Kier alpha value is -1.48. The van der Waals surface area contributed by atoms with Crippen LogP contribution in [0.15, 0.2) is 0 Å². The first-order chi connectivity index (χ1) is 6.11. The molecule has 1 rings (SSSR count). The van der Waals surface area contributed by atoms with E-state index in [9.17, 15) is 4.79 Å². The average Bonchev–Trinajstić information content (AvgIpc) is 2.17. The Morgan fingerprint density at radius 3 is 2.92 bits per heavy atom. The van der Waals surface area contributed by atoms with Gasteiger partial charge in [0.05, 0.1) is 11.5 Å². The summed E-state index contributed by atoms with van der Waals surface area (Å²) in [6.07, 6.45) is 6.71. The summed E-state index contributed by atoms with van der Waals surface area (Å²) in [5, 5.41) is 8.88. The molecule has 13 heavy (non-hydrogen) atoms. The van der Waals surface area contributed by atoms with Crippen LogP contribution in [-0.2, 0) is 4.79 Å². The van der Waals surface area contributed by atoms with Gasteiger partial charge in [-0.3, -0.25) is 4.79 Å². The van der Waals surface area contributed by atoms with Crippen LogP contribution in [0.2, 0.25) is 0 Å². The monoisotopic (exact) mass is 176 g/mol. The summed E-state index contributed by atoms with van der Waals surface area (Å²) in [5.41, 5.74) is -0.412. The Labute approximate surface area is 78.3 Å². The second-order valence-electron chi connectivity index (χ2n) is 3.65. The summed E-state index contributed by atoms with van der Waals surface area (Å²) in [4.78, 5) is 12.7. The van der Waals surface area contributed by atoms with E-state index in [0.29, 0.717) is 13.1 Å². The molecule has 1 amide bonds. The average molecular weight is 176 g/mol. The van der Waals surface area contributed by atoms with Gasteiger partial charge in [-0.25, -0.2) is 0 Å². The summed E-state index contributed by atoms with van der Waals surface area (Å²) in [6.45, 7) is 3.01. The zero-order valence-electron chi connectivity index (χ0n) is 7.71. The minimum absolute atomic E-state index is 0.304. The molecular formula is C10H12N2O. The number of carbonyl (C=O) groups excluding carboxylic acids is 1. The second-order valence-corrected chi connectivity index (χ2v) is 3.65. The van der Waals surface area contributed by atoms with Gasteiger partial charge in [0, 0.05) is 13.1 Å². The largest absolute Gasteiger partial charge is 0.330 e. The molecule has 1 aliphatic heterocycles. The highest BCUT2D eigenvalue weighted by Gasteiger charge is 2.32. The Morgan fingerprint density at radius 1 is 1.69 bits per heavy atom. The Morgan fingerprint density at radius 2 is 2.38 bits per heavy atom. The lowest BCUT2D eigenvalue weighted by atomic mass is 9.83. The van der Waals surface area contributed by atoms with Crippen molar-refractivity contribution in [1.82, 2.24) is 4.90 Å². The van der Waals surface area contributed by atoms with Crippen LogP contribution in [0.3, 0.4) is 0 Å². The quantitative estimate of drug-likeness (QED) is 0.512. The normalized spacial score (nSPS) is 27.5. The molecule has 0 aromatic rings. The molecular weight excluding hydrogens is 164 g/mol. The van der Waals surface area contributed by atoms with Crippen LogP contribution in [0.1, 0.15) is 19.8 Å². The number of terminal acetylenes is 1. The van der Waals surface area contributed by atoms with Gasteiger partial charge in [0.25, 0.3) is 5.91 Å². The summed E-state index contributed by atoms with van der Waals surface area (Å²) in [6, 6.07) is 2.23. The summed E-state index contributed by atoms with van der Waals surface area (Å²) in [5.74, 6) is 1.77. The highest BCUT2D eigenvalue weighted by Crippen LogP contribution is 2.28. The van der Waals surface area contributed by atoms with Crippen LogP contribution < -0.4 is 0 Å². The number of hydrogen-bond donors (Lipinski definition) is 0. The first-order valence-corrected chi connectivity index (χ1v) is 4.28. The van der Waals surface area contributed by atoms with Gasteiger partial charge < -0.3 is 4.90 Å². The van der Waals surface area contributed by atoms with E-state index >= 15 is 0 Å². The molecule has 68 valence electrons. The predicted molar refractivity (Wildman–Crippen MR) is 48.4 cm³/mol. The first kappa shape index (κ1) is 9.61. The molecule has 1 unspecified atom stereocenters. The lowest BCUT2D eigenvalue weighted by Crippen LogP contribution is -2.43. The number of nitriles is 1. The molecule has 0 aromatic heterocycles. The van der Waals surface area contributed by atoms with Gasteiger partial charge in [-0.1, -0.05) is 0 Å². The smallest absolute Gasteiger partial charge is 0.298 e. The van der Waals surface area contributed by atoms with Crippen molar-refractivity contribution in [2.75, 3.05) is 13.1 Å². The fourth-order valence-electron chi connectivity index (χ4n) is 1.60. The summed E-state index contributed by atoms with van der Waals surface area (Å²) in [7, 11) is 0. The number of likely N-dealkylation sites (tertiary alicyclic amines) is 1. The molecule has 1 fully saturated rings. The number of carbonyl (C=O) groups is 1. The standard InChI is InChI=1S/C10H12N2O/c1-3-9(13)12-6-4-5-10(2,7-11)8-12/h1H,4-6,8H2,2H3. The van der Waals surface area contributed by atoms with Crippen molar-refractivity contribution in [1.29, 1.82) is 5.26 Å². The van der Waals surface area contributed by atoms with E-state index in [1.807, 2.05) is 6.92 Å². The van der Waals surface area contributed by atoms with E-state index in [2.05, 4.69) is 12.0 Å². The lowest BCUT2D eigenvalue weighted by Gasteiger charge is -2.34. The molecule has 0 spiro atoms. The van der Waals surface area contributed by atoms with Gasteiger partial charge in [0.15, 0.2) is 0 Å². The van der Waals surface area contributed by atoms with Crippen molar-refractivity contribution in [2.24, 2.45) is 5.41 Å². The summed E-state index contributed by atoms with van der Waals surface area (Å²) >= 11 is 0. The number of rotatable bonds is 0. The molecule has 0 aliphatic carbocycles. The van der Waals surface area contributed by atoms with E-state index < -0.39 is 5.41 Å². The van der Waals surface area contributed by atoms with Crippen molar-refractivity contribution in [3.63, 3.8) is 0 Å². The predicted octanol–water partition coefficient (Wildman–Crippen LogP) is 0.772. The van der Waals surface area contributed by atoms with Crippen LogP contribution >= 0.6 is 0 Å². The van der Waals surface area contributed by atoms with E-state index in [1.54, 1.807) is 4.90 Å². The van der Waals surface area contributed by atoms with Gasteiger partial charge in [-0.05, 0) is 25.7 Å². The highest BCUT2D eigenvalue weighted by atomic mass is 16.2. The molecule has 0 radical (unpaired) electrons. The van der Waals surface area contributed by atoms with Crippen LogP contribution in [0.4, 0.5) is 0 Å². The maximum absolute atomic E-state index is 11.2. The second kappa shape index (κ2) is 3.49. The zero-order valence-corrected chi connectivity index (χ0v) is 7.71. The molecule has 3 heteroatoms. The van der Waals surface area contributed by atoms with E-state index in [1.165, 1.54) is 0 Å². The molecule has 0 N–H and O–H groups in total. The van der Waals surface area contributed by atoms with Crippen molar-refractivity contribution in [3.8, 4) is 18.4 Å². The third kappa shape index (κ3) is 2.00. The number of piperidine rings is 1. The molecule has 0 aromatic carbocycles. The molecule has 0 saturated carbocycles. The van der Waals surface area contributed by atoms with Crippen molar-refractivity contribution >= 4 is 5.91 Å². The van der Waals surface area contributed by atoms with Gasteiger partial charge in [0.1, 0.15) is 0 Å². The fourth-order valence-corrected chi connectivity index (χ4v) is 1.60. The minimum Gasteiger partial charge on any atom is -0.330 e. The molecule has 1 saturated heterocycles. The van der Waals surface area contributed by atoms with Gasteiger partial charge >= 0.3 is 0 Å². The molecule has 1 atom stereocenters. The Balaban J connectivity index is 2.69. The third-order valence-corrected chi connectivity index (χ3v) is 2.38. The minimum atomic E-state index is -0.412. The van der Waals surface area contributed by atoms with Gasteiger partial charge in [-0.2, -0.15) is 5.26 Å². The summed E-state index contributed by atoms with van der Waals surface area (Å²) < 4.78 is 0. The lowest BCUT2D eigenvalue weighted by molar-refractivity contribution is -0.127. The van der Waals surface area contributed by atoms with Crippen LogP contribution in [0, 0.1) is 29.1 Å². The van der Waals surface area contributed by atoms with E-state index in [0.717, 1.165) is 12.8 Å². The van der Waals surface area contributed by atoms with Gasteiger partial charge in [0.2, 0.25) is 0 Å². The Bertz CT molecular complexity index is 297. The van der Waals surface area contributed by atoms with Crippen LogP contribution in [-0.4, -0.2) is 23.9 Å². The number of hydrogen-bond acceptors (Lipinski definition) is 2. The van der Waals surface area contributed by atoms with Crippen molar-refractivity contribution < 1.29 is 4.79 Å². The Kier molecular flexibility index (Phi) is 2.58. The number of nitrogens with zero attached hydrogens (tertiary/aromatic N) is 2. The van der Waals surface area contributed by atoms with Crippen molar-refractivity contribution in [2.45, 2.75) is 19.8 Å². The van der Waals surface area contributed by atoms with Crippen molar-refractivity contribution in [3.05, 3.63) is 0 Å². The highest BCUT2D eigenvalue weighted by molar-refractivity contribution is 5.93. The SMILES string of the molecule is C#CC(=O)N1CCCC(C)(C#N)C1. The molecule has 1 heterocycles. The number of amides is 1. The molecule has 3 nitrogen and oxygen atoms in total. The zero-order chi connectivity index (χ0) is 9.90. The maximum atomic E-state index is 11.2. The third-order valence-electron chi connectivity index (χ3n) is 2.38. The van der Waals surface area contributed by atoms with Crippen LogP contribution in [0.5, 0.6) is 0 Å². The molecule has 0 bridgehead atoms. The molecule has 1 aliphatic rings. The maximum Gasteiger partial charge on any atom is 0.298 e. The van der Waals surface area contributed by atoms with E-state index in [-0.39, 0.29) is 5.91 Å². The fraction of sp³-hybridized carbons (Fsp3) is 0.600.